The van der Waals surface area contributed by atoms with Gasteiger partial charge in [0.15, 0.2) is 6.10 Å². The highest BCUT2D eigenvalue weighted by molar-refractivity contribution is 9.10. The highest BCUT2D eigenvalue weighted by Gasteiger charge is 2.35. The van der Waals surface area contributed by atoms with Crippen LogP contribution in [0.15, 0.2) is 53.0 Å². The first kappa shape index (κ1) is 21.0. The minimum absolute atomic E-state index is 0.346. The normalized spacial score (nSPS) is 18.6. The maximum Gasteiger partial charge on any atom is 0.252 e. The van der Waals surface area contributed by atoms with Crippen molar-refractivity contribution in [1.82, 2.24) is 10.2 Å². The number of aliphatic hydroxyl groups excluding tert-OH is 3. The Morgan fingerprint density at radius 1 is 1.07 bits per heavy atom. The molecule has 0 bridgehead atoms. The smallest absolute Gasteiger partial charge is 0.252 e. The van der Waals surface area contributed by atoms with E-state index in [1.54, 1.807) is 11.8 Å². The van der Waals surface area contributed by atoms with Gasteiger partial charge in [0.05, 0.1) is 6.04 Å². The standard InChI is InChI=1S/C21H25BrN2O4/c1-13(14-6-8-17(22)9-7-14)23-20(27)18(25)19(26)21(28)24-11-10-15-4-2-3-5-16(15)12-24/h2-9,13,18-19,21,25-26,28H,10-12H2,1H3,(H,23,27)/t13-,18+,19+,21?/m0/s1. The Morgan fingerprint density at radius 3 is 2.39 bits per heavy atom. The van der Waals surface area contributed by atoms with Crippen molar-refractivity contribution in [2.75, 3.05) is 6.54 Å². The van der Waals surface area contributed by atoms with Gasteiger partial charge in [-0.25, -0.2) is 0 Å². The Labute approximate surface area is 172 Å². The number of hydrogen-bond donors (Lipinski definition) is 4. The molecule has 0 radical (unpaired) electrons. The number of carbonyl (C=O) groups excluding carboxylic acids is 1. The quantitative estimate of drug-likeness (QED) is 0.539. The summed E-state index contributed by atoms with van der Waals surface area (Å²) >= 11 is 3.36. The molecule has 2 aromatic carbocycles. The van der Waals surface area contributed by atoms with E-state index in [4.69, 9.17) is 0 Å². The first-order valence-corrected chi connectivity index (χ1v) is 10.1. The lowest BCUT2D eigenvalue weighted by atomic mass is 9.98. The van der Waals surface area contributed by atoms with Crippen LogP contribution in [0.1, 0.15) is 29.7 Å². The van der Waals surface area contributed by atoms with E-state index in [9.17, 15) is 20.1 Å². The van der Waals surface area contributed by atoms with Gasteiger partial charge >= 0.3 is 0 Å². The Bertz CT molecular complexity index is 814. The molecule has 0 fully saturated rings. The molecular weight excluding hydrogens is 424 g/mol. The minimum Gasteiger partial charge on any atom is -0.386 e. The molecule has 0 aliphatic carbocycles. The fourth-order valence-electron chi connectivity index (χ4n) is 3.41. The summed E-state index contributed by atoms with van der Waals surface area (Å²) in [5, 5.41) is 33.8. The first-order valence-electron chi connectivity index (χ1n) is 9.27. The first-order chi connectivity index (χ1) is 13.4. The summed E-state index contributed by atoms with van der Waals surface area (Å²) in [6.45, 7) is 2.79. The molecule has 150 valence electrons. The summed E-state index contributed by atoms with van der Waals surface area (Å²) < 4.78 is 0.927. The number of halogens is 1. The summed E-state index contributed by atoms with van der Waals surface area (Å²) in [4.78, 5) is 14.0. The molecule has 2 aromatic rings. The van der Waals surface area contributed by atoms with Gasteiger partial charge in [-0.15, -0.1) is 0 Å². The van der Waals surface area contributed by atoms with Crippen LogP contribution < -0.4 is 5.32 Å². The van der Waals surface area contributed by atoms with E-state index in [0.29, 0.717) is 13.1 Å². The Balaban J connectivity index is 1.59. The van der Waals surface area contributed by atoms with Gasteiger partial charge in [0.1, 0.15) is 12.3 Å². The number of nitrogens with one attached hydrogen (secondary N) is 1. The van der Waals surface area contributed by atoms with Crippen LogP contribution in [0.25, 0.3) is 0 Å². The zero-order valence-corrected chi connectivity index (χ0v) is 17.2. The van der Waals surface area contributed by atoms with Crippen LogP contribution in [0.2, 0.25) is 0 Å². The van der Waals surface area contributed by atoms with Gasteiger partial charge in [0, 0.05) is 17.6 Å². The van der Waals surface area contributed by atoms with Gasteiger partial charge in [-0.2, -0.15) is 0 Å². The second-order valence-corrected chi connectivity index (χ2v) is 8.04. The number of amides is 1. The molecule has 1 unspecified atom stereocenters. The molecule has 1 heterocycles. The topological polar surface area (TPSA) is 93.0 Å². The van der Waals surface area contributed by atoms with Crippen molar-refractivity contribution in [3.8, 4) is 0 Å². The van der Waals surface area contributed by atoms with Gasteiger partial charge in [0.2, 0.25) is 0 Å². The van der Waals surface area contributed by atoms with E-state index in [1.807, 2.05) is 48.5 Å². The molecule has 28 heavy (non-hydrogen) atoms. The maximum atomic E-state index is 12.4. The summed E-state index contributed by atoms with van der Waals surface area (Å²) in [6.07, 6.45) is -3.94. The van der Waals surface area contributed by atoms with Gasteiger partial charge in [-0.1, -0.05) is 52.3 Å². The third kappa shape index (κ3) is 4.79. The zero-order valence-electron chi connectivity index (χ0n) is 15.6. The lowest BCUT2D eigenvalue weighted by molar-refractivity contribution is -0.155. The summed E-state index contributed by atoms with van der Waals surface area (Å²) in [7, 11) is 0. The van der Waals surface area contributed by atoms with Crippen LogP contribution in [0.3, 0.4) is 0 Å². The van der Waals surface area contributed by atoms with Crippen LogP contribution in [0.4, 0.5) is 0 Å². The highest BCUT2D eigenvalue weighted by Crippen LogP contribution is 2.22. The van der Waals surface area contributed by atoms with Gasteiger partial charge < -0.3 is 20.6 Å². The molecule has 6 nitrogen and oxygen atoms in total. The number of aliphatic hydroxyl groups is 3. The molecule has 0 aromatic heterocycles. The molecule has 4 N–H and O–H groups in total. The number of nitrogens with zero attached hydrogens (tertiary/aromatic N) is 1. The highest BCUT2D eigenvalue weighted by atomic mass is 79.9. The number of fused-ring (bicyclic) bond motifs is 1. The molecule has 1 aliphatic heterocycles. The molecule has 0 saturated heterocycles. The third-order valence-corrected chi connectivity index (χ3v) is 5.69. The van der Waals surface area contributed by atoms with Crippen molar-refractivity contribution in [3.63, 3.8) is 0 Å². The number of hydrogen-bond acceptors (Lipinski definition) is 5. The number of benzene rings is 2. The summed E-state index contributed by atoms with van der Waals surface area (Å²) in [5.74, 6) is -0.723. The van der Waals surface area contributed by atoms with E-state index in [2.05, 4.69) is 21.2 Å². The Hall–Kier alpha value is -1.77. The minimum atomic E-state index is -1.73. The van der Waals surface area contributed by atoms with Gasteiger partial charge in [-0.3, -0.25) is 9.69 Å². The fraction of sp³-hybridized carbons (Fsp3) is 0.381. The van der Waals surface area contributed by atoms with Crippen molar-refractivity contribution >= 4 is 21.8 Å². The second kappa shape index (κ2) is 9.15. The molecule has 4 atom stereocenters. The monoisotopic (exact) mass is 448 g/mol. The van der Waals surface area contributed by atoms with Crippen molar-refractivity contribution in [2.24, 2.45) is 0 Å². The lowest BCUT2D eigenvalue weighted by Gasteiger charge is -2.36. The van der Waals surface area contributed by atoms with E-state index in [-0.39, 0.29) is 6.04 Å². The average molecular weight is 449 g/mol. The van der Waals surface area contributed by atoms with E-state index >= 15 is 0 Å². The Kier molecular flexibility index (Phi) is 6.85. The van der Waals surface area contributed by atoms with E-state index in [0.717, 1.165) is 22.0 Å². The predicted octanol–water partition coefficient (Wildman–Crippen LogP) is 1.72. The van der Waals surface area contributed by atoms with Crippen LogP contribution >= 0.6 is 15.9 Å². The molecule has 7 heteroatoms. The summed E-state index contributed by atoms with van der Waals surface area (Å²) in [5.41, 5.74) is 3.15. The number of carbonyl (C=O) groups is 1. The summed E-state index contributed by atoms with van der Waals surface area (Å²) in [6, 6.07) is 15.0. The SMILES string of the molecule is C[C@H](NC(=O)[C@H](O)[C@@H](O)C(O)N1CCc2ccccc2C1)c1ccc(Br)cc1. The van der Waals surface area contributed by atoms with Crippen LogP contribution in [0, 0.1) is 0 Å². The third-order valence-electron chi connectivity index (χ3n) is 5.16. The van der Waals surface area contributed by atoms with Crippen molar-refractivity contribution in [3.05, 3.63) is 69.7 Å². The molecular formula is C21H25BrN2O4. The molecule has 1 amide bonds. The Morgan fingerprint density at radius 2 is 1.71 bits per heavy atom. The fourth-order valence-corrected chi connectivity index (χ4v) is 3.68. The van der Waals surface area contributed by atoms with Crippen molar-refractivity contribution < 1.29 is 20.1 Å². The van der Waals surface area contributed by atoms with Crippen molar-refractivity contribution in [2.45, 2.75) is 44.4 Å². The largest absolute Gasteiger partial charge is 0.386 e. The van der Waals surface area contributed by atoms with E-state index in [1.165, 1.54) is 5.56 Å². The molecule has 0 saturated carbocycles. The van der Waals surface area contributed by atoms with Gasteiger partial charge in [-0.05, 0) is 42.2 Å². The van der Waals surface area contributed by atoms with Gasteiger partial charge in [0.25, 0.3) is 5.91 Å². The predicted molar refractivity (Wildman–Crippen MR) is 109 cm³/mol. The van der Waals surface area contributed by atoms with Crippen molar-refractivity contribution in [1.29, 1.82) is 0 Å². The second-order valence-electron chi connectivity index (χ2n) is 7.12. The van der Waals surface area contributed by atoms with Crippen LogP contribution in [0.5, 0.6) is 0 Å². The maximum absolute atomic E-state index is 12.4. The molecule has 1 aliphatic rings. The van der Waals surface area contributed by atoms with Crippen LogP contribution in [-0.2, 0) is 17.8 Å². The number of rotatable bonds is 6. The lowest BCUT2D eigenvalue weighted by Crippen LogP contribution is -2.54. The molecule has 3 rings (SSSR count). The zero-order chi connectivity index (χ0) is 20.3. The average Bonchev–Trinajstić information content (AvgIpc) is 2.72. The molecule has 0 spiro atoms. The van der Waals surface area contributed by atoms with Crippen LogP contribution in [-0.4, -0.2) is 51.1 Å². The van der Waals surface area contributed by atoms with E-state index < -0.39 is 24.3 Å².